The lowest BCUT2D eigenvalue weighted by Gasteiger charge is -2.47. The van der Waals surface area contributed by atoms with Crippen molar-refractivity contribution in [1.82, 2.24) is 25.1 Å². The van der Waals surface area contributed by atoms with Crippen molar-refractivity contribution in [1.29, 1.82) is 0 Å². The zero-order chi connectivity index (χ0) is 24.7. The zero-order valence-corrected chi connectivity index (χ0v) is 21.6. The summed E-state index contributed by atoms with van der Waals surface area (Å²) >= 11 is 6.17. The number of halogens is 1. The maximum atomic E-state index is 12.7. The quantitative estimate of drug-likeness (QED) is 0.548. The Morgan fingerprint density at radius 2 is 1.76 bits per heavy atom. The van der Waals surface area contributed by atoms with Gasteiger partial charge in [0.1, 0.15) is 0 Å². The molecule has 2 aliphatic heterocycles. The minimum atomic E-state index is -0.499. The number of piperazine rings is 1. The first-order valence-corrected chi connectivity index (χ1v) is 12.9. The van der Waals surface area contributed by atoms with Gasteiger partial charge in [-0.25, -0.2) is 10.0 Å². The molecule has 0 bridgehead atoms. The molecule has 8 nitrogen and oxygen atoms in total. The smallest absolute Gasteiger partial charge is 0.241 e. The van der Waals surface area contributed by atoms with Gasteiger partial charge in [-0.3, -0.25) is 9.59 Å². The van der Waals surface area contributed by atoms with Gasteiger partial charge in [-0.2, -0.15) is 0 Å². The monoisotopic (exact) mass is 492 g/mol. The molecule has 0 aromatic heterocycles. The van der Waals surface area contributed by atoms with Crippen LogP contribution in [0.5, 0.6) is 0 Å². The van der Waals surface area contributed by atoms with Crippen LogP contribution in [-0.4, -0.2) is 97.1 Å². The van der Waals surface area contributed by atoms with Gasteiger partial charge in [0.25, 0.3) is 0 Å². The molecule has 2 fully saturated rings. The zero-order valence-electron chi connectivity index (χ0n) is 20.9. The summed E-state index contributed by atoms with van der Waals surface area (Å²) in [6, 6.07) is 7.21. The first kappa shape index (κ1) is 26.9. The Hall–Kier alpha value is -1.71. The number of amides is 2. The van der Waals surface area contributed by atoms with Crippen molar-refractivity contribution in [2.24, 2.45) is 11.7 Å². The van der Waals surface area contributed by atoms with Gasteiger partial charge in [0, 0.05) is 69.3 Å². The van der Waals surface area contributed by atoms with Crippen molar-refractivity contribution in [3.8, 4) is 0 Å². The molecule has 0 saturated carbocycles. The number of likely N-dealkylation sites (tertiary alicyclic amines) is 1. The van der Waals surface area contributed by atoms with Crippen LogP contribution in [-0.2, 0) is 9.59 Å². The van der Waals surface area contributed by atoms with Gasteiger partial charge < -0.3 is 20.9 Å². The molecule has 2 saturated heterocycles. The minimum absolute atomic E-state index is 0.00686. The molecule has 2 heterocycles. The molecule has 34 heavy (non-hydrogen) atoms. The van der Waals surface area contributed by atoms with Gasteiger partial charge in [-0.05, 0) is 37.4 Å². The standard InChI is InChI=1S/C25H41ClN6O2/c1-19(2)18-32(31-14-12-29(3)13-15-31)20-8-10-30(11-9-20)25(34)17-28-24(33)16-23(27)21-6-4-5-7-22(21)26/h4-7,19-20,23H,8-18,27H2,1-3H3,(H,28,33). The Balaban J connectivity index is 1.44. The number of rotatable bonds is 9. The molecule has 2 aliphatic rings. The van der Waals surface area contributed by atoms with Crippen LogP contribution in [0.1, 0.15) is 44.7 Å². The van der Waals surface area contributed by atoms with Crippen molar-refractivity contribution in [2.75, 3.05) is 59.4 Å². The number of nitrogens with zero attached hydrogens (tertiary/aromatic N) is 4. The Kier molecular flexibility index (Phi) is 10.2. The number of nitrogens with one attached hydrogen (secondary N) is 1. The highest BCUT2D eigenvalue weighted by Gasteiger charge is 2.31. The molecule has 1 unspecified atom stereocenters. The fraction of sp³-hybridized carbons (Fsp3) is 0.680. The SMILES string of the molecule is CC(C)CN(C1CCN(C(=O)CNC(=O)CC(N)c2ccccc2Cl)CC1)N1CCN(C)CC1. The highest BCUT2D eigenvalue weighted by molar-refractivity contribution is 6.31. The predicted molar refractivity (Wildman–Crippen MR) is 136 cm³/mol. The van der Waals surface area contributed by atoms with Crippen LogP contribution in [0.15, 0.2) is 24.3 Å². The van der Waals surface area contributed by atoms with E-state index in [0.717, 1.165) is 64.2 Å². The van der Waals surface area contributed by atoms with Crippen molar-refractivity contribution < 1.29 is 9.59 Å². The number of benzene rings is 1. The molecule has 0 spiro atoms. The van der Waals surface area contributed by atoms with E-state index in [-0.39, 0.29) is 24.8 Å². The third-order valence-corrected chi connectivity index (χ3v) is 7.12. The molecule has 0 radical (unpaired) electrons. The number of hydrazine groups is 1. The molecule has 0 aliphatic carbocycles. The topological polar surface area (TPSA) is 85.1 Å². The van der Waals surface area contributed by atoms with E-state index in [1.165, 1.54) is 0 Å². The predicted octanol–water partition coefficient (Wildman–Crippen LogP) is 1.96. The normalized spacial score (nSPS) is 19.6. The number of carbonyl (C=O) groups excluding carboxylic acids is 2. The van der Waals surface area contributed by atoms with E-state index in [1.54, 1.807) is 6.07 Å². The van der Waals surface area contributed by atoms with Crippen LogP contribution in [0, 0.1) is 5.92 Å². The van der Waals surface area contributed by atoms with Gasteiger partial charge in [0.05, 0.1) is 6.54 Å². The fourth-order valence-electron chi connectivity index (χ4n) is 4.78. The van der Waals surface area contributed by atoms with Crippen LogP contribution in [0.2, 0.25) is 5.02 Å². The fourth-order valence-corrected chi connectivity index (χ4v) is 5.06. The van der Waals surface area contributed by atoms with Crippen molar-refractivity contribution in [2.45, 2.75) is 45.2 Å². The molecule has 3 rings (SSSR count). The number of hydrogen-bond acceptors (Lipinski definition) is 6. The van der Waals surface area contributed by atoms with Crippen LogP contribution in [0.4, 0.5) is 0 Å². The van der Waals surface area contributed by atoms with E-state index in [0.29, 0.717) is 17.0 Å². The maximum Gasteiger partial charge on any atom is 0.241 e. The van der Waals surface area contributed by atoms with E-state index in [9.17, 15) is 9.59 Å². The average molecular weight is 493 g/mol. The van der Waals surface area contributed by atoms with Crippen LogP contribution < -0.4 is 11.1 Å². The highest BCUT2D eigenvalue weighted by Crippen LogP contribution is 2.23. The third-order valence-electron chi connectivity index (χ3n) is 6.78. The Morgan fingerprint density at radius 3 is 2.38 bits per heavy atom. The van der Waals surface area contributed by atoms with E-state index in [4.69, 9.17) is 17.3 Å². The van der Waals surface area contributed by atoms with E-state index in [2.05, 4.69) is 41.1 Å². The van der Waals surface area contributed by atoms with E-state index >= 15 is 0 Å². The number of likely N-dealkylation sites (N-methyl/N-ethyl adjacent to an activating group) is 1. The Morgan fingerprint density at radius 1 is 1.12 bits per heavy atom. The van der Waals surface area contributed by atoms with Crippen molar-refractivity contribution in [3.05, 3.63) is 34.9 Å². The van der Waals surface area contributed by atoms with Gasteiger partial charge in [-0.1, -0.05) is 43.6 Å². The van der Waals surface area contributed by atoms with Gasteiger partial charge in [0.2, 0.25) is 11.8 Å². The Labute approximate surface area is 209 Å². The number of piperidine rings is 1. The first-order chi connectivity index (χ1) is 16.2. The summed E-state index contributed by atoms with van der Waals surface area (Å²) in [4.78, 5) is 29.3. The first-order valence-electron chi connectivity index (χ1n) is 12.5. The lowest BCUT2D eigenvalue weighted by Crippen LogP contribution is -2.59. The van der Waals surface area contributed by atoms with Gasteiger partial charge in [0.15, 0.2) is 0 Å². The van der Waals surface area contributed by atoms with Crippen LogP contribution >= 0.6 is 11.6 Å². The van der Waals surface area contributed by atoms with Gasteiger partial charge >= 0.3 is 0 Å². The molecule has 1 aromatic rings. The second-order valence-electron chi connectivity index (χ2n) is 9.99. The van der Waals surface area contributed by atoms with Crippen molar-refractivity contribution >= 4 is 23.4 Å². The van der Waals surface area contributed by atoms with Crippen LogP contribution in [0.25, 0.3) is 0 Å². The second kappa shape index (κ2) is 12.8. The highest BCUT2D eigenvalue weighted by atomic mass is 35.5. The summed E-state index contributed by atoms with van der Waals surface area (Å²) in [6.45, 7) is 11.3. The molecule has 1 atom stereocenters. The number of hydrogen-bond donors (Lipinski definition) is 2. The lowest BCUT2D eigenvalue weighted by atomic mass is 10.0. The average Bonchev–Trinajstić information content (AvgIpc) is 2.82. The molecule has 1 aromatic carbocycles. The summed E-state index contributed by atoms with van der Waals surface area (Å²) in [6.07, 6.45) is 2.00. The number of carbonyl (C=O) groups is 2. The van der Waals surface area contributed by atoms with Crippen molar-refractivity contribution in [3.63, 3.8) is 0 Å². The summed E-state index contributed by atoms with van der Waals surface area (Å²) in [5.74, 6) is 0.314. The summed E-state index contributed by atoms with van der Waals surface area (Å²) in [7, 11) is 2.18. The van der Waals surface area contributed by atoms with E-state index < -0.39 is 6.04 Å². The minimum Gasteiger partial charge on any atom is -0.347 e. The molecule has 3 N–H and O–H groups in total. The molecule has 190 valence electrons. The summed E-state index contributed by atoms with van der Waals surface area (Å²) in [5.41, 5.74) is 6.88. The number of nitrogens with two attached hydrogens (primary N) is 1. The largest absolute Gasteiger partial charge is 0.347 e. The van der Waals surface area contributed by atoms with E-state index in [1.807, 2.05) is 23.1 Å². The maximum absolute atomic E-state index is 12.7. The lowest BCUT2D eigenvalue weighted by molar-refractivity contribution is -0.137. The third kappa shape index (κ3) is 7.65. The summed E-state index contributed by atoms with van der Waals surface area (Å²) in [5, 5.41) is 8.37. The summed E-state index contributed by atoms with van der Waals surface area (Å²) < 4.78 is 0. The van der Waals surface area contributed by atoms with Gasteiger partial charge in [-0.15, -0.1) is 0 Å². The Bertz CT molecular complexity index is 806. The molecular weight excluding hydrogens is 452 g/mol. The molecular formula is C25H41ClN6O2. The molecule has 2 amide bonds. The van der Waals surface area contributed by atoms with Crippen LogP contribution in [0.3, 0.4) is 0 Å². The molecule has 9 heteroatoms. The second-order valence-corrected chi connectivity index (χ2v) is 10.4.